The molecule has 6 nitrogen and oxygen atoms in total. The van der Waals surface area contributed by atoms with Crippen molar-refractivity contribution < 1.29 is 0 Å². The van der Waals surface area contributed by atoms with Crippen LogP contribution in [0.2, 0.25) is 0 Å². The molecule has 1 aliphatic carbocycles. The van der Waals surface area contributed by atoms with E-state index < -0.39 is 0 Å². The second kappa shape index (κ2) is 8.55. The van der Waals surface area contributed by atoms with E-state index >= 15 is 0 Å². The van der Waals surface area contributed by atoms with E-state index in [9.17, 15) is 0 Å². The zero-order valence-corrected chi connectivity index (χ0v) is 15.7. The standard InChI is InChI=1S/C14H26N6.HI/c1-10(2)16-14(17-12-7-5-6-8-12)15-9-13-19-18-11(3)20(13)4;/h10,12H,5-9H2,1-4H3,(H2,15,16,17);1H. The van der Waals surface area contributed by atoms with Crippen molar-refractivity contribution in [2.45, 2.75) is 65.1 Å². The number of guanidine groups is 1. The van der Waals surface area contributed by atoms with Crippen molar-refractivity contribution in [1.82, 2.24) is 25.4 Å². The van der Waals surface area contributed by atoms with Gasteiger partial charge in [-0.05, 0) is 33.6 Å². The minimum Gasteiger partial charge on any atom is -0.354 e. The molecule has 0 spiro atoms. The van der Waals surface area contributed by atoms with Gasteiger partial charge in [-0.3, -0.25) is 0 Å². The smallest absolute Gasteiger partial charge is 0.192 e. The minimum absolute atomic E-state index is 0. The highest BCUT2D eigenvalue weighted by Crippen LogP contribution is 2.17. The lowest BCUT2D eigenvalue weighted by Gasteiger charge is -2.19. The molecule has 0 bridgehead atoms. The molecule has 0 saturated heterocycles. The monoisotopic (exact) mass is 406 g/mol. The van der Waals surface area contributed by atoms with Gasteiger partial charge < -0.3 is 15.2 Å². The molecular weight excluding hydrogens is 379 g/mol. The van der Waals surface area contributed by atoms with E-state index in [1.165, 1.54) is 25.7 Å². The number of rotatable bonds is 4. The molecule has 120 valence electrons. The molecule has 1 heterocycles. The summed E-state index contributed by atoms with van der Waals surface area (Å²) < 4.78 is 1.98. The zero-order valence-electron chi connectivity index (χ0n) is 13.4. The van der Waals surface area contributed by atoms with E-state index in [1.54, 1.807) is 0 Å². The Morgan fingerprint density at radius 3 is 2.52 bits per heavy atom. The van der Waals surface area contributed by atoms with Crippen molar-refractivity contribution in [3.05, 3.63) is 11.6 Å². The van der Waals surface area contributed by atoms with Crippen molar-refractivity contribution >= 4 is 29.9 Å². The lowest BCUT2D eigenvalue weighted by atomic mass is 10.2. The molecule has 1 aromatic rings. The van der Waals surface area contributed by atoms with Crippen molar-refractivity contribution in [3.63, 3.8) is 0 Å². The van der Waals surface area contributed by atoms with Crippen LogP contribution in [0, 0.1) is 6.92 Å². The molecule has 1 saturated carbocycles. The van der Waals surface area contributed by atoms with Crippen molar-refractivity contribution in [3.8, 4) is 0 Å². The Bertz CT molecular complexity index is 462. The number of nitrogens with one attached hydrogen (secondary N) is 2. The average Bonchev–Trinajstić information content (AvgIpc) is 2.99. The predicted octanol–water partition coefficient (Wildman–Crippen LogP) is 2.13. The number of hydrogen-bond acceptors (Lipinski definition) is 3. The molecule has 0 radical (unpaired) electrons. The van der Waals surface area contributed by atoms with Gasteiger partial charge in [0.2, 0.25) is 0 Å². The van der Waals surface area contributed by atoms with Gasteiger partial charge in [0.15, 0.2) is 11.8 Å². The van der Waals surface area contributed by atoms with E-state index in [2.05, 4.69) is 39.7 Å². The SMILES string of the molecule is Cc1nnc(CN=C(NC(C)C)NC2CCCC2)n1C.I. The van der Waals surface area contributed by atoms with E-state index in [-0.39, 0.29) is 24.0 Å². The molecule has 2 rings (SSSR count). The van der Waals surface area contributed by atoms with Gasteiger partial charge in [-0.15, -0.1) is 34.2 Å². The van der Waals surface area contributed by atoms with Crippen LogP contribution in [0.15, 0.2) is 4.99 Å². The molecule has 1 fully saturated rings. The maximum atomic E-state index is 4.64. The highest BCUT2D eigenvalue weighted by Gasteiger charge is 2.16. The Kier molecular flexibility index (Phi) is 7.41. The third-order valence-corrected chi connectivity index (χ3v) is 3.68. The van der Waals surface area contributed by atoms with Gasteiger partial charge in [0.1, 0.15) is 12.4 Å². The normalized spacial score (nSPS) is 16.1. The van der Waals surface area contributed by atoms with Crippen LogP contribution in [-0.4, -0.2) is 32.8 Å². The molecular formula is C14H27IN6. The summed E-state index contributed by atoms with van der Waals surface area (Å²) in [6.07, 6.45) is 5.11. The van der Waals surface area contributed by atoms with Gasteiger partial charge >= 0.3 is 0 Å². The second-order valence-corrected chi connectivity index (χ2v) is 5.81. The summed E-state index contributed by atoms with van der Waals surface area (Å²) in [5.74, 6) is 2.68. The summed E-state index contributed by atoms with van der Waals surface area (Å²) >= 11 is 0. The maximum Gasteiger partial charge on any atom is 0.192 e. The van der Waals surface area contributed by atoms with Crippen LogP contribution >= 0.6 is 24.0 Å². The number of nitrogens with zero attached hydrogens (tertiary/aromatic N) is 4. The molecule has 0 aliphatic heterocycles. The highest BCUT2D eigenvalue weighted by atomic mass is 127. The fraction of sp³-hybridized carbons (Fsp3) is 0.786. The first-order valence-corrected chi connectivity index (χ1v) is 7.48. The van der Waals surface area contributed by atoms with Gasteiger partial charge in [-0.2, -0.15) is 0 Å². The molecule has 0 atom stereocenters. The fourth-order valence-corrected chi connectivity index (χ4v) is 2.41. The van der Waals surface area contributed by atoms with Crippen LogP contribution in [-0.2, 0) is 13.6 Å². The quantitative estimate of drug-likeness (QED) is 0.457. The van der Waals surface area contributed by atoms with Crippen LogP contribution in [0.4, 0.5) is 0 Å². The number of hydrogen-bond donors (Lipinski definition) is 2. The van der Waals surface area contributed by atoms with Crippen LogP contribution in [0.1, 0.15) is 51.2 Å². The van der Waals surface area contributed by atoms with Crippen molar-refractivity contribution in [2.75, 3.05) is 0 Å². The van der Waals surface area contributed by atoms with E-state index in [0.29, 0.717) is 18.6 Å². The molecule has 0 aromatic carbocycles. The third-order valence-electron chi connectivity index (χ3n) is 3.68. The Morgan fingerprint density at radius 2 is 2.00 bits per heavy atom. The van der Waals surface area contributed by atoms with E-state index in [4.69, 9.17) is 0 Å². The zero-order chi connectivity index (χ0) is 14.5. The summed E-state index contributed by atoms with van der Waals surface area (Å²) in [6.45, 7) is 6.74. The predicted molar refractivity (Wildman–Crippen MR) is 96.0 cm³/mol. The first kappa shape index (κ1) is 18.2. The average molecular weight is 406 g/mol. The fourth-order valence-electron chi connectivity index (χ4n) is 2.41. The first-order chi connectivity index (χ1) is 9.56. The number of aromatic nitrogens is 3. The summed E-state index contributed by atoms with van der Waals surface area (Å²) in [7, 11) is 1.97. The van der Waals surface area contributed by atoms with E-state index in [1.807, 2.05) is 18.5 Å². The largest absolute Gasteiger partial charge is 0.354 e. The Labute approximate surface area is 144 Å². The lowest BCUT2D eigenvalue weighted by molar-refractivity contribution is 0.596. The highest BCUT2D eigenvalue weighted by molar-refractivity contribution is 14.0. The molecule has 2 N–H and O–H groups in total. The number of aliphatic imine (C=N–C) groups is 1. The van der Waals surface area contributed by atoms with Crippen molar-refractivity contribution in [2.24, 2.45) is 12.0 Å². The summed E-state index contributed by atoms with van der Waals surface area (Å²) in [5, 5.41) is 15.1. The number of aryl methyl sites for hydroxylation is 1. The third kappa shape index (κ3) is 5.44. The molecule has 0 unspecified atom stereocenters. The molecule has 21 heavy (non-hydrogen) atoms. The molecule has 1 aromatic heterocycles. The summed E-state index contributed by atoms with van der Waals surface area (Å²) in [6, 6.07) is 0.921. The minimum atomic E-state index is 0. The van der Waals surface area contributed by atoms with Crippen molar-refractivity contribution in [1.29, 1.82) is 0 Å². The van der Waals surface area contributed by atoms with Crippen LogP contribution in [0.5, 0.6) is 0 Å². The Balaban J connectivity index is 0.00000220. The van der Waals surface area contributed by atoms with Crippen LogP contribution in [0.3, 0.4) is 0 Å². The van der Waals surface area contributed by atoms with Gasteiger partial charge in [0, 0.05) is 19.1 Å². The first-order valence-electron chi connectivity index (χ1n) is 7.48. The van der Waals surface area contributed by atoms with Crippen LogP contribution in [0.25, 0.3) is 0 Å². The lowest BCUT2D eigenvalue weighted by Crippen LogP contribution is -2.45. The Morgan fingerprint density at radius 1 is 1.33 bits per heavy atom. The summed E-state index contributed by atoms with van der Waals surface area (Å²) in [5.41, 5.74) is 0. The van der Waals surface area contributed by atoms with Gasteiger partial charge in [-0.1, -0.05) is 12.8 Å². The van der Waals surface area contributed by atoms with Crippen LogP contribution < -0.4 is 10.6 Å². The second-order valence-electron chi connectivity index (χ2n) is 5.81. The van der Waals surface area contributed by atoms with Gasteiger partial charge in [0.05, 0.1) is 0 Å². The maximum absolute atomic E-state index is 4.64. The topological polar surface area (TPSA) is 67.1 Å². The van der Waals surface area contributed by atoms with E-state index in [0.717, 1.165) is 17.6 Å². The molecule has 0 amide bonds. The molecule has 1 aliphatic rings. The van der Waals surface area contributed by atoms with Gasteiger partial charge in [-0.25, -0.2) is 4.99 Å². The Hall–Kier alpha value is -0.860. The summed E-state index contributed by atoms with van der Waals surface area (Å²) in [4.78, 5) is 4.64. The molecule has 7 heteroatoms. The number of halogens is 1. The van der Waals surface area contributed by atoms with Gasteiger partial charge in [0.25, 0.3) is 0 Å².